The summed E-state index contributed by atoms with van der Waals surface area (Å²) in [6, 6.07) is 7.43. The highest BCUT2D eigenvalue weighted by Crippen LogP contribution is 2.20. The number of amides is 1. The predicted molar refractivity (Wildman–Crippen MR) is 79.9 cm³/mol. The molecule has 0 bridgehead atoms. The molecule has 1 amide bonds. The summed E-state index contributed by atoms with van der Waals surface area (Å²) in [5.41, 5.74) is 6.42. The second kappa shape index (κ2) is 6.75. The van der Waals surface area contributed by atoms with E-state index in [2.05, 4.69) is 0 Å². The van der Waals surface area contributed by atoms with Gasteiger partial charge >= 0.3 is 0 Å². The van der Waals surface area contributed by atoms with Gasteiger partial charge < -0.3 is 15.4 Å². The number of piperidine rings is 1. The molecule has 0 saturated carbocycles. The first kappa shape index (κ1) is 14.9. The molecule has 1 aliphatic rings. The lowest BCUT2D eigenvalue weighted by Crippen LogP contribution is -2.42. The van der Waals surface area contributed by atoms with Crippen LogP contribution in [0.25, 0.3) is 0 Å². The number of benzene rings is 1. The molecule has 2 N–H and O–H groups in total. The minimum absolute atomic E-state index is 0.0809. The predicted octanol–water partition coefficient (Wildman–Crippen LogP) is 2.28. The van der Waals surface area contributed by atoms with E-state index in [4.69, 9.17) is 10.5 Å². The van der Waals surface area contributed by atoms with Gasteiger partial charge in [0.2, 0.25) is 0 Å². The number of nitrogens with zero attached hydrogens (tertiary/aromatic N) is 1. The third-order valence-corrected chi connectivity index (χ3v) is 3.59. The Kier molecular flexibility index (Phi) is 5.01. The van der Waals surface area contributed by atoms with E-state index in [1.54, 1.807) is 0 Å². The summed E-state index contributed by atoms with van der Waals surface area (Å²) in [5.74, 6) is 1.26. The van der Waals surface area contributed by atoms with Crippen molar-refractivity contribution in [3.63, 3.8) is 0 Å². The first-order valence-electron chi connectivity index (χ1n) is 7.36. The summed E-state index contributed by atoms with van der Waals surface area (Å²) >= 11 is 0. The molecule has 1 aromatic carbocycles. The van der Waals surface area contributed by atoms with Crippen molar-refractivity contribution in [2.75, 3.05) is 19.6 Å². The van der Waals surface area contributed by atoms with Gasteiger partial charge in [-0.15, -0.1) is 0 Å². The molecular formula is C16H24N2O2. The highest BCUT2D eigenvalue weighted by molar-refractivity contribution is 5.94. The zero-order chi connectivity index (χ0) is 14.5. The van der Waals surface area contributed by atoms with Gasteiger partial charge in [0.05, 0.1) is 6.10 Å². The zero-order valence-corrected chi connectivity index (χ0v) is 12.3. The molecule has 0 aliphatic carbocycles. The van der Waals surface area contributed by atoms with E-state index in [1.807, 2.05) is 43.0 Å². The lowest BCUT2D eigenvalue weighted by atomic mass is 9.97. The standard InChI is InChI=1S/C16H24N2O2/c1-12(2)20-15-7-3-6-14(9-15)16(19)18-8-4-5-13(10-17)11-18/h3,6-7,9,12-13H,4-5,8,10-11,17H2,1-2H3. The Morgan fingerprint density at radius 2 is 2.30 bits per heavy atom. The molecule has 1 atom stereocenters. The van der Waals surface area contributed by atoms with Gasteiger partial charge in [0.1, 0.15) is 5.75 Å². The average molecular weight is 276 g/mol. The van der Waals surface area contributed by atoms with Gasteiger partial charge in [-0.25, -0.2) is 0 Å². The number of ether oxygens (including phenoxy) is 1. The van der Waals surface area contributed by atoms with Crippen LogP contribution in [-0.4, -0.2) is 36.5 Å². The monoisotopic (exact) mass is 276 g/mol. The normalized spacial score (nSPS) is 19.2. The largest absolute Gasteiger partial charge is 0.491 e. The molecule has 1 aliphatic heterocycles. The van der Waals surface area contributed by atoms with Crippen LogP contribution in [0.1, 0.15) is 37.0 Å². The molecule has 2 rings (SSSR count). The minimum Gasteiger partial charge on any atom is -0.491 e. The second-order valence-electron chi connectivity index (χ2n) is 5.69. The minimum atomic E-state index is 0.0809. The highest BCUT2D eigenvalue weighted by Gasteiger charge is 2.23. The Morgan fingerprint density at radius 3 is 3.00 bits per heavy atom. The number of carbonyl (C=O) groups excluding carboxylic acids is 1. The van der Waals surface area contributed by atoms with Crippen LogP contribution < -0.4 is 10.5 Å². The molecule has 1 heterocycles. The fraction of sp³-hybridized carbons (Fsp3) is 0.562. The van der Waals surface area contributed by atoms with Crippen molar-refractivity contribution in [1.29, 1.82) is 0 Å². The zero-order valence-electron chi connectivity index (χ0n) is 12.3. The SMILES string of the molecule is CC(C)Oc1cccc(C(=O)N2CCCC(CN)C2)c1. The quantitative estimate of drug-likeness (QED) is 0.918. The maximum Gasteiger partial charge on any atom is 0.253 e. The van der Waals surface area contributed by atoms with Crippen LogP contribution in [0.3, 0.4) is 0 Å². The molecule has 0 radical (unpaired) electrons. The van der Waals surface area contributed by atoms with E-state index in [9.17, 15) is 4.79 Å². The van der Waals surface area contributed by atoms with E-state index in [0.29, 0.717) is 18.0 Å². The Morgan fingerprint density at radius 1 is 1.50 bits per heavy atom. The first-order valence-corrected chi connectivity index (χ1v) is 7.36. The molecule has 1 fully saturated rings. The first-order chi connectivity index (χ1) is 9.60. The summed E-state index contributed by atoms with van der Waals surface area (Å²) in [6.45, 7) is 6.20. The summed E-state index contributed by atoms with van der Waals surface area (Å²) < 4.78 is 5.64. The number of carbonyl (C=O) groups is 1. The lowest BCUT2D eigenvalue weighted by Gasteiger charge is -2.32. The van der Waals surface area contributed by atoms with Crippen LogP contribution in [0.5, 0.6) is 5.75 Å². The maximum atomic E-state index is 12.5. The lowest BCUT2D eigenvalue weighted by molar-refractivity contribution is 0.0677. The number of hydrogen-bond acceptors (Lipinski definition) is 3. The van der Waals surface area contributed by atoms with Gasteiger partial charge in [0.15, 0.2) is 0 Å². The Hall–Kier alpha value is -1.55. The van der Waals surface area contributed by atoms with Crippen LogP contribution in [0.15, 0.2) is 24.3 Å². The molecule has 20 heavy (non-hydrogen) atoms. The number of hydrogen-bond donors (Lipinski definition) is 1. The molecule has 1 unspecified atom stereocenters. The van der Waals surface area contributed by atoms with Crippen LogP contribution >= 0.6 is 0 Å². The number of nitrogens with two attached hydrogens (primary N) is 1. The topological polar surface area (TPSA) is 55.6 Å². The highest BCUT2D eigenvalue weighted by atomic mass is 16.5. The van der Waals surface area contributed by atoms with Crippen molar-refractivity contribution in [3.05, 3.63) is 29.8 Å². The Balaban J connectivity index is 2.08. The summed E-state index contributed by atoms with van der Waals surface area (Å²) in [6.07, 6.45) is 2.27. The fourth-order valence-electron chi connectivity index (χ4n) is 2.60. The molecule has 4 nitrogen and oxygen atoms in total. The number of rotatable bonds is 4. The van der Waals surface area contributed by atoms with Crippen LogP contribution in [0.2, 0.25) is 0 Å². The fourth-order valence-corrected chi connectivity index (χ4v) is 2.60. The van der Waals surface area contributed by atoms with Crippen LogP contribution in [0, 0.1) is 5.92 Å². The van der Waals surface area contributed by atoms with E-state index >= 15 is 0 Å². The second-order valence-corrected chi connectivity index (χ2v) is 5.69. The van der Waals surface area contributed by atoms with Crippen molar-refractivity contribution in [3.8, 4) is 5.75 Å². The summed E-state index contributed by atoms with van der Waals surface area (Å²) in [5, 5.41) is 0. The smallest absolute Gasteiger partial charge is 0.253 e. The van der Waals surface area contributed by atoms with Crippen LogP contribution in [-0.2, 0) is 0 Å². The van der Waals surface area contributed by atoms with Crippen molar-refractivity contribution in [2.45, 2.75) is 32.8 Å². The summed E-state index contributed by atoms with van der Waals surface area (Å²) in [7, 11) is 0. The Bertz CT molecular complexity index is 460. The van der Waals surface area contributed by atoms with Gasteiger partial charge in [0, 0.05) is 18.7 Å². The van der Waals surface area contributed by atoms with Gasteiger partial charge in [-0.1, -0.05) is 6.07 Å². The molecule has 1 aromatic rings. The third-order valence-electron chi connectivity index (χ3n) is 3.59. The molecule has 0 aromatic heterocycles. The summed E-state index contributed by atoms with van der Waals surface area (Å²) in [4.78, 5) is 14.4. The van der Waals surface area contributed by atoms with Gasteiger partial charge in [-0.3, -0.25) is 4.79 Å². The maximum absolute atomic E-state index is 12.5. The van der Waals surface area contributed by atoms with E-state index in [-0.39, 0.29) is 12.0 Å². The molecule has 1 saturated heterocycles. The van der Waals surface area contributed by atoms with E-state index in [1.165, 1.54) is 0 Å². The van der Waals surface area contributed by atoms with E-state index < -0.39 is 0 Å². The van der Waals surface area contributed by atoms with Crippen LogP contribution in [0.4, 0.5) is 0 Å². The molecule has 0 spiro atoms. The molecular weight excluding hydrogens is 252 g/mol. The van der Waals surface area contributed by atoms with Gasteiger partial charge in [-0.05, 0) is 57.4 Å². The average Bonchev–Trinajstić information content (AvgIpc) is 2.46. The third kappa shape index (κ3) is 3.73. The Labute approximate surface area is 120 Å². The van der Waals surface area contributed by atoms with Gasteiger partial charge in [0.25, 0.3) is 5.91 Å². The van der Waals surface area contributed by atoms with E-state index in [0.717, 1.165) is 31.7 Å². The van der Waals surface area contributed by atoms with Crippen molar-refractivity contribution < 1.29 is 9.53 Å². The van der Waals surface area contributed by atoms with Crippen molar-refractivity contribution >= 4 is 5.91 Å². The van der Waals surface area contributed by atoms with Gasteiger partial charge in [-0.2, -0.15) is 0 Å². The van der Waals surface area contributed by atoms with Crippen molar-refractivity contribution in [2.24, 2.45) is 11.7 Å². The molecule has 4 heteroatoms. The number of likely N-dealkylation sites (tertiary alicyclic amines) is 1. The molecule has 110 valence electrons. The van der Waals surface area contributed by atoms with Crippen molar-refractivity contribution in [1.82, 2.24) is 4.90 Å².